The van der Waals surface area contributed by atoms with Gasteiger partial charge in [0, 0.05) is 6.54 Å². The van der Waals surface area contributed by atoms with Gasteiger partial charge in [-0.1, -0.05) is 36.4 Å². The first-order valence-corrected chi connectivity index (χ1v) is 6.50. The van der Waals surface area contributed by atoms with Crippen LogP contribution in [0.25, 0.3) is 0 Å². The maximum Gasteiger partial charge on any atom is 0.255 e. The van der Waals surface area contributed by atoms with E-state index in [-0.39, 0.29) is 23.6 Å². The number of methoxy groups -OCH3 is 1. The first-order chi connectivity index (χ1) is 10.1. The Morgan fingerprint density at radius 2 is 1.90 bits per heavy atom. The number of carbonyl (C=O) groups is 1. The molecule has 21 heavy (non-hydrogen) atoms. The van der Waals surface area contributed by atoms with Crippen molar-refractivity contribution in [1.82, 2.24) is 5.32 Å². The summed E-state index contributed by atoms with van der Waals surface area (Å²) in [6, 6.07) is 13.7. The molecule has 0 aliphatic carbocycles. The summed E-state index contributed by atoms with van der Waals surface area (Å²) < 4.78 is 4.95. The molecule has 0 saturated carbocycles. The largest absolute Gasteiger partial charge is 0.504 e. The molecule has 2 aromatic rings. The number of carbonyl (C=O) groups excluding carboxylic acids is 1. The van der Waals surface area contributed by atoms with E-state index in [1.54, 1.807) is 24.3 Å². The fourth-order valence-electron chi connectivity index (χ4n) is 1.95. The zero-order valence-corrected chi connectivity index (χ0v) is 11.6. The Kier molecular flexibility index (Phi) is 4.79. The fraction of sp³-hybridized carbons (Fsp3) is 0.188. The Morgan fingerprint density at radius 3 is 2.57 bits per heavy atom. The van der Waals surface area contributed by atoms with Crippen LogP contribution in [0.3, 0.4) is 0 Å². The van der Waals surface area contributed by atoms with Gasteiger partial charge in [0.05, 0.1) is 18.8 Å². The van der Waals surface area contributed by atoms with Crippen LogP contribution in [0, 0.1) is 0 Å². The molecule has 1 atom stereocenters. The molecule has 0 radical (unpaired) electrons. The number of ether oxygens (including phenoxy) is 1. The molecule has 5 heteroatoms. The number of aliphatic hydroxyl groups excluding tert-OH is 1. The Morgan fingerprint density at radius 1 is 1.19 bits per heavy atom. The Balaban J connectivity index is 2.02. The van der Waals surface area contributed by atoms with Crippen LogP contribution in [0.4, 0.5) is 0 Å². The number of phenolic OH excluding ortho intramolecular Hbond substituents is 1. The third-order valence-corrected chi connectivity index (χ3v) is 3.10. The summed E-state index contributed by atoms with van der Waals surface area (Å²) in [6.45, 7) is 0.0551. The van der Waals surface area contributed by atoms with Gasteiger partial charge in [-0.2, -0.15) is 0 Å². The van der Waals surface area contributed by atoms with Gasteiger partial charge in [0.1, 0.15) is 0 Å². The summed E-state index contributed by atoms with van der Waals surface area (Å²) in [7, 11) is 1.41. The zero-order valence-electron chi connectivity index (χ0n) is 11.6. The van der Waals surface area contributed by atoms with Crippen molar-refractivity contribution >= 4 is 5.91 Å². The lowest BCUT2D eigenvalue weighted by atomic mass is 10.1. The molecule has 0 bridgehead atoms. The van der Waals surface area contributed by atoms with Crippen molar-refractivity contribution in [3.05, 3.63) is 59.7 Å². The molecule has 0 heterocycles. The van der Waals surface area contributed by atoms with E-state index in [1.165, 1.54) is 13.2 Å². The second-order valence-corrected chi connectivity index (χ2v) is 4.49. The van der Waals surface area contributed by atoms with Gasteiger partial charge in [-0.3, -0.25) is 4.79 Å². The number of hydrogen-bond acceptors (Lipinski definition) is 4. The number of aliphatic hydroxyl groups is 1. The molecular formula is C16H17NO4. The highest BCUT2D eigenvalue weighted by Crippen LogP contribution is 2.29. The first kappa shape index (κ1) is 14.9. The van der Waals surface area contributed by atoms with E-state index in [9.17, 15) is 15.0 Å². The van der Waals surface area contributed by atoms with Gasteiger partial charge in [0.25, 0.3) is 5.91 Å². The summed E-state index contributed by atoms with van der Waals surface area (Å²) >= 11 is 0. The average molecular weight is 287 g/mol. The number of rotatable bonds is 5. The highest BCUT2D eigenvalue weighted by atomic mass is 16.5. The topological polar surface area (TPSA) is 78.8 Å². The highest BCUT2D eigenvalue weighted by molar-refractivity contribution is 5.97. The summed E-state index contributed by atoms with van der Waals surface area (Å²) in [4.78, 5) is 12.0. The second kappa shape index (κ2) is 6.76. The standard InChI is InChI=1S/C16H17NO4/c1-21-14-9-5-8-12(15(14)19)16(20)17-10-13(18)11-6-3-2-4-7-11/h2-9,13,18-19H,10H2,1H3,(H,17,20). The van der Waals surface area contributed by atoms with Crippen LogP contribution in [0.2, 0.25) is 0 Å². The van der Waals surface area contributed by atoms with Gasteiger partial charge in [0.2, 0.25) is 0 Å². The molecule has 0 fully saturated rings. The van der Waals surface area contributed by atoms with E-state index in [4.69, 9.17) is 4.74 Å². The van der Waals surface area contributed by atoms with Crippen molar-refractivity contribution in [3.63, 3.8) is 0 Å². The fourth-order valence-corrected chi connectivity index (χ4v) is 1.95. The maximum absolute atomic E-state index is 12.0. The van der Waals surface area contributed by atoms with Crippen LogP contribution >= 0.6 is 0 Å². The predicted octanol–water partition coefficient (Wildman–Crippen LogP) is 1.86. The van der Waals surface area contributed by atoms with Gasteiger partial charge in [0.15, 0.2) is 11.5 Å². The lowest BCUT2D eigenvalue weighted by molar-refractivity contribution is 0.0913. The van der Waals surface area contributed by atoms with Gasteiger partial charge >= 0.3 is 0 Å². The SMILES string of the molecule is COc1cccc(C(=O)NCC(O)c2ccccc2)c1O. The normalized spacial score (nSPS) is 11.7. The molecule has 0 aliphatic heterocycles. The predicted molar refractivity (Wildman–Crippen MR) is 78.4 cm³/mol. The van der Waals surface area contributed by atoms with Crippen LogP contribution in [0.5, 0.6) is 11.5 Å². The van der Waals surface area contributed by atoms with Crippen LogP contribution in [0.1, 0.15) is 22.0 Å². The number of benzene rings is 2. The van der Waals surface area contributed by atoms with Crippen molar-refractivity contribution in [2.45, 2.75) is 6.10 Å². The summed E-state index contributed by atoms with van der Waals surface area (Å²) in [5.74, 6) is -0.459. The smallest absolute Gasteiger partial charge is 0.255 e. The van der Waals surface area contributed by atoms with Crippen molar-refractivity contribution in [3.8, 4) is 11.5 Å². The molecule has 0 saturated heterocycles. The second-order valence-electron chi connectivity index (χ2n) is 4.49. The highest BCUT2D eigenvalue weighted by Gasteiger charge is 2.16. The molecular weight excluding hydrogens is 270 g/mol. The van der Waals surface area contributed by atoms with Crippen LogP contribution in [-0.2, 0) is 0 Å². The average Bonchev–Trinajstić information content (AvgIpc) is 2.53. The third kappa shape index (κ3) is 3.52. The number of aromatic hydroxyl groups is 1. The van der Waals surface area contributed by atoms with E-state index >= 15 is 0 Å². The molecule has 1 amide bonds. The maximum atomic E-state index is 12.0. The van der Waals surface area contributed by atoms with Crippen molar-refractivity contribution in [2.24, 2.45) is 0 Å². The lowest BCUT2D eigenvalue weighted by Gasteiger charge is -2.13. The van der Waals surface area contributed by atoms with E-state index < -0.39 is 12.0 Å². The number of nitrogens with one attached hydrogen (secondary N) is 1. The van der Waals surface area contributed by atoms with E-state index in [2.05, 4.69) is 5.32 Å². The van der Waals surface area contributed by atoms with Gasteiger partial charge in [-0.25, -0.2) is 0 Å². The van der Waals surface area contributed by atoms with Crippen molar-refractivity contribution < 1.29 is 19.7 Å². The molecule has 2 rings (SSSR count). The van der Waals surface area contributed by atoms with Gasteiger partial charge in [-0.15, -0.1) is 0 Å². The van der Waals surface area contributed by atoms with Crippen molar-refractivity contribution in [1.29, 1.82) is 0 Å². The number of phenols is 1. The molecule has 2 aromatic carbocycles. The quantitative estimate of drug-likeness (QED) is 0.784. The van der Waals surface area contributed by atoms with E-state index in [1.807, 2.05) is 18.2 Å². The Bertz CT molecular complexity index is 613. The summed E-state index contributed by atoms with van der Waals surface area (Å²) in [5, 5.41) is 22.5. The zero-order chi connectivity index (χ0) is 15.2. The molecule has 0 aromatic heterocycles. The number of hydrogen-bond donors (Lipinski definition) is 3. The molecule has 1 unspecified atom stereocenters. The summed E-state index contributed by atoms with van der Waals surface area (Å²) in [6.07, 6.45) is -0.803. The lowest BCUT2D eigenvalue weighted by Crippen LogP contribution is -2.28. The van der Waals surface area contributed by atoms with E-state index in [0.29, 0.717) is 5.56 Å². The Labute approximate surface area is 122 Å². The summed E-state index contributed by atoms with van der Waals surface area (Å²) in [5.41, 5.74) is 0.822. The first-order valence-electron chi connectivity index (χ1n) is 6.50. The number of para-hydroxylation sites is 1. The monoisotopic (exact) mass is 287 g/mol. The van der Waals surface area contributed by atoms with Gasteiger partial charge in [-0.05, 0) is 17.7 Å². The van der Waals surface area contributed by atoms with Crippen molar-refractivity contribution in [2.75, 3.05) is 13.7 Å². The Hall–Kier alpha value is -2.53. The molecule has 5 nitrogen and oxygen atoms in total. The number of amides is 1. The minimum Gasteiger partial charge on any atom is -0.504 e. The minimum absolute atomic E-state index is 0.0551. The molecule has 0 spiro atoms. The minimum atomic E-state index is -0.803. The van der Waals surface area contributed by atoms with Crippen LogP contribution in [-0.4, -0.2) is 29.8 Å². The van der Waals surface area contributed by atoms with E-state index in [0.717, 1.165) is 0 Å². The molecule has 110 valence electrons. The molecule has 3 N–H and O–H groups in total. The van der Waals surface area contributed by atoms with Crippen LogP contribution in [0.15, 0.2) is 48.5 Å². The van der Waals surface area contributed by atoms with Gasteiger partial charge < -0.3 is 20.3 Å². The molecule has 0 aliphatic rings. The third-order valence-electron chi connectivity index (χ3n) is 3.10. The van der Waals surface area contributed by atoms with Crippen LogP contribution < -0.4 is 10.1 Å².